The molecule has 5 heteroatoms. The SMILES string of the molecule is N=Cc1occ(C(=O)O)c1N. The minimum Gasteiger partial charge on any atom is -0.477 e. The van der Waals surface area contributed by atoms with Gasteiger partial charge in [-0.05, 0) is 0 Å². The molecule has 1 aromatic heterocycles. The Hall–Kier alpha value is -1.78. The third-order valence-corrected chi connectivity index (χ3v) is 1.22. The zero-order valence-corrected chi connectivity index (χ0v) is 5.50. The van der Waals surface area contributed by atoms with Crippen LogP contribution in [0.25, 0.3) is 0 Å². The number of hydrogen-bond acceptors (Lipinski definition) is 4. The minimum absolute atomic E-state index is 0.00694. The van der Waals surface area contributed by atoms with Crippen LogP contribution in [-0.2, 0) is 0 Å². The van der Waals surface area contributed by atoms with E-state index in [9.17, 15) is 4.79 Å². The Morgan fingerprint density at radius 2 is 2.45 bits per heavy atom. The van der Waals surface area contributed by atoms with Crippen molar-refractivity contribution in [2.75, 3.05) is 5.73 Å². The van der Waals surface area contributed by atoms with E-state index in [1.807, 2.05) is 0 Å². The Morgan fingerprint density at radius 1 is 1.82 bits per heavy atom. The van der Waals surface area contributed by atoms with E-state index >= 15 is 0 Å². The first-order valence-corrected chi connectivity index (χ1v) is 2.77. The van der Waals surface area contributed by atoms with Crippen LogP contribution in [0.1, 0.15) is 16.1 Å². The van der Waals surface area contributed by atoms with Crippen LogP contribution in [0.2, 0.25) is 0 Å². The summed E-state index contributed by atoms with van der Waals surface area (Å²) in [5.74, 6) is -1.08. The Kier molecular flexibility index (Phi) is 1.63. The van der Waals surface area contributed by atoms with Crippen molar-refractivity contribution in [2.24, 2.45) is 0 Å². The van der Waals surface area contributed by atoms with Crippen LogP contribution in [-0.4, -0.2) is 17.3 Å². The van der Waals surface area contributed by atoms with E-state index in [0.717, 1.165) is 12.5 Å². The van der Waals surface area contributed by atoms with Crippen molar-refractivity contribution in [2.45, 2.75) is 0 Å². The summed E-state index contributed by atoms with van der Waals surface area (Å²) in [6, 6.07) is 0. The number of carboxylic acids is 1. The van der Waals surface area contributed by atoms with Gasteiger partial charge in [-0.2, -0.15) is 0 Å². The number of nitrogens with two attached hydrogens (primary N) is 1. The normalized spacial score (nSPS) is 9.45. The highest BCUT2D eigenvalue weighted by Crippen LogP contribution is 2.17. The molecule has 4 N–H and O–H groups in total. The lowest BCUT2D eigenvalue weighted by molar-refractivity contribution is 0.0697. The van der Waals surface area contributed by atoms with Gasteiger partial charge in [-0.1, -0.05) is 0 Å². The summed E-state index contributed by atoms with van der Waals surface area (Å²) in [7, 11) is 0. The van der Waals surface area contributed by atoms with Crippen molar-refractivity contribution in [3.63, 3.8) is 0 Å². The molecule has 0 spiro atoms. The summed E-state index contributed by atoms with van der Waals surface area (Å²) in [4.78, 5) is 10.3. The molecule has 0 bridgehead atoms. The number of rotatable bonds is 2. The molecule has 1 aromatic rings. The molecule has 0 saturated carbocycles. The third kappa shape index (κ3) is 1.07. The zero-order valence-electron chi connectivity index (χ0n) is 5.50. The van der Waals surface area contributed by atoms with E-state index in [0.29, 0.717) is 0 Å². The molecule has 0 aliphatic carbocycles. The number of hydrogen-bond donors (Lipinski definition) is 3. The Morgan fingerprint density at radius 3 is 2.73 bits per heavy atom. The number of furan rings is 1. The summed E-state index contributed by atoms with van der Waals surface area (Å²) >= 11 is 0. The molecule has 1 heterocycles. The molecule has 0 aliphatic rings. The second kappa shape index (κ2) is 2.45. The molecule has 0 fully saturated rings. The van der Waals surface area contributed by atoms with E-state index in [4.69, 9.17) is 16.2 Å². The quantitative estimate of drug-likeness (QED) is 0.541. The van der Waals surface area contributed by atoms with Gasteiger partial charge in [0.15, 0.2) is 5.76 Å². The molecular formula is C6H6N2O3. The number of aromatic carboxylic acids is 1. The molecule has 1 rings (SSSR count). The van der Waals surface area contributed by atoms with Crippen molar-refractivity contribution in [1.82, 2.24) is 0 Å². The van der Waals surface area contributed by atoms with Gasteiger partial charge in [0.05, 0.1) is 11.9 Å². The topological polar surface area (TPSA) is 100 Å². The average Bonchev–Trinajstić information content (AvgIpc) is 2.30. The van der Waals surface area contributed by atoms with Crippen LogP contribution >= 0.6 is 0 Å². The van der Waals surface area contributed by atoms with Crippen molar-refractivity contribution in [3.8, 4) is 0 Å². The van der Waals surface area contributed by atoms with E-state index in [1.54, 1.807) is 0 Å². The molecule has 0 amide bonds. The summed E-state index contributed by atoms with van der Waals surface area (Å²) in [6.07, 6.45) is 1.87. The van der Waals surface area contributed by atoms with Crippen molar-refractivity contribution < 1.29 is 14.3 Å². The number of carboxylic acid groups (broad SMARTS) is 1. The highest BCUT2D eigenvalue weighted by atomic mass is 16.4. The largest absolute Gasteiger partial charge is 0.477 e. The standard InChI is InChI=1S/C6H6N2O3/c7-1-4-5(8)3(2-11-4)6(9)10/h1-2,7H,8H2,(H,9,10). The van der Waals surface area contributed by atoms with Gasteiger partial charge in [0.25, 0.3) is 0 Å². The summed E-state index contributed by atoms with van der Waals surface area (Å²) in [5, 5.41) is 15.2. The van der Waals surface area contributed by atoms with Gasteiger partial charge in [0, 0.05) is 0 Å². The second-order valence-electron chi connectivity index (χ2n) is 1.88. The highest BCUT2D eigenvalue weighted by Gasteiger charge is 2.13. The number of anilines is 1. The van der Waals surface area contributed by atoms with Crippen LogP contribution < -0.4 is 5.73 Å². The highest BCUT2D eigenvalue weighted by molar-refractivity contribution is 5.97. The van der Waals surface area contributed by atoms with Crippen LogP contribution in [0.15, 0.2) is 10.7 Å². The molecule has 0 atom stereocenters. The Bertz CT molecular complexity index is 303. The smallest absolute Gasteiger partial charge is 0.341 e. The molecule has 0 unspecified atom stereocenters. The van der Waals surface area contributed by atoms with E-state index in [2.05, 4.69) is 4.42 Å². The van der Waals surface area contributed by atoms with Gasteiger partial charge >= 0.3 is 5.97 Å². The molecule has 0 aliphatic heterocycles. The Balaban J connectivity index is 3.20. The summed E-state index contributed by atoms with van der Waals surface area (Å²) in [6.45, 7) is 0. The minimum atomic E-state index is -1.15. The average molecular weight is 154 g/mol. The van der Waals surface area contributed by atoms with Gasteiger partial charge in [0.1, 0.15) is 11.8 Å². The van der Waals surface area contributed by atoms with Gasteiger partial charge < -0.3 is 20.7 Å². The molecule has 0 saturated heterocycles. The number of nitrogens with one attached hydrogen (secondary N) is 1. The lowest BCUT2D eigenvalue weighted by Gasteiger charge is -1.88. The van der Waals surface area contributed by atoms with E-state index in [1.165, 1.54) is 0 Å². The zero-order chi connectivity index (χ0) is 8.43. The van der Waals surface area contributed by atoms with Crippen LogP contribution in [0.4, 0.5) is 5.69 Å². The first kappa shape index (κ1) is 7.33. The molecule has 11 heavy (non-hydrogen) atoms. The first-order chi connectivity index (χ1) is 5.16. The Labute approximate surface area is 61.9 Å². The molecular weight excluding hydrogens is 148 g/mol. The fourth-order valence-corrected chi connectivity index (χ4v) is 0.659. The maximum Gasteiger partial charge on any atom is 0.341 e. The first-order valence-electron chi connectivity index (χ1n) is 2.77. The third-order valence-electron chi connectivity index (χ3n) is 1.22. The number of nitrogen functional groups attached to an aromatic ring is 1. The van der Waals surface area contributed by atoms with Gasteiger partial charge in [-0.15, -0.1) is 0 Å². The van der Waals surface area contributed by atoms with Crippen molar-refractivity contribution >= 4 is 17.9 Å². The predicted octanol–water partition coefficient (Wildman–Crippen LogP) is 0.558. The van der Waals surface area contributed by atoms with E-state index < -0.39 is 5.97 Å². The monoisotopic (exact) mass is 154 g/mol. The molecule has 5 nitrogen and oxygen atoms in total. The maximum atomic E-state index is 10.3. The van der Waals surface area contributed by atoms with Gasteiger partial charge in [-0.3, -0.25) is 0 Å². The summed E-state index contributed by atoms with van der Waals surface area (Å²) in [5.41, 5.74) is 5.17. The molecule has 0 radical (unpaired) electrons. The molecule has 0 aromatic carbocycles. The van der Waals surface area contributed by atoms with Crippen molar-refractivity contribution in [1.29, 1.82) is 5.41 Å². The van der Waals surface area contributed by atoms with E-state index in [-0.39, 0.29) is 17.0 Å². The van der Waals surface area contributed by atoms with Crippen LogP contribution in [0, 0.1) is 5.41 Å². The summed E-state index contributed by atoms with van der Waals surface area (Å²) < 4.78 is 4.66. The van der Waals surface area contributed by atoms with Crippen molar-refractivity contribution in [3.05, 3.63) is 17.6 Å². The lowest BCUT2D eigenvalue weighted by atomic mass is 10.2. The van der Waals surface area contributed by atoms with Crippen LogP contribution in [0.5, 0.6) is 0 Å². The lowest BCUT2D eigenvalue weighted by Crippen LogP contribution is -1.99. The molecule has 58 valence electrons. The van der Waals surface area contributed by atoms with Gasteiger partial charge in [-0.25, -0.2) is 4.79 Å². The number of carbonyl (C=O) groups is 1. The fraction of sp³-hybridized carbons (Fsp3) is 0. The maximum absolute atomic E-state index is 10.3. The van der Waals surface area contributed by atoms with Gasteiger partial charge in [0.2, 0.25) is 0 Å². The van der Waals surface area contributed by atoms with Crippen LogP contribution in [0.3, 0.4) is 0 Å². The predicted molar refractivity (Wildman–Crippen MR) is 38.0 cm³/mol. The second-order valence-corrected chi connectivity index (χ2v) is 1.88. The fourth-order valence-electron chi connectivity index (χ4n) is 0.659.